The van der Waals surface area contributed by atoms with E-state index in [1.54, 1.807) is 0 Å². The summed E-state index contributed by atoms with van der Waals surface area (Å²) >= 11 is 0. The van der Waals surface area contributed by atoms with Crippen LogP contribution in [0.5, 0.6) is 0 Å². The number of oxazole rings is 1. The highest BCUT2D eigenvalue weighted by Gasteiger charge is 2.28. The van der Waals surface area contributed by atoms with Gasteiger partial charge in [-0.25, -0.2) is 9.78 Å². The van der Waals surface area contributed by atoms with E-state index in [1.807, 2.05) is 19.9 Å². The fraction of sp³-hybridized carbons (Fsp3) is 0.591. The van der Waals surface area contributed by atoms with Gasteiger partial charge in [-0.05, 0) is 34.8 Å². The van der Waals surface area contributed by atoms with Gasteiger partial charge in [0.2, 0.25) is 0 Å². The number of carboxylic acid groups (broad SMARTS) is 1. The number of hydrogen-bond acceptors (Lipinski definition) is 4. The summed E-state index contributed by atoms with van der Waals surface area (Å²) in [6.07, 6.45) is 0.336. The van der Waals surface area contributed by atoms with Crippen molar-refractivity contribution in [3.05, 3.63) is 29.2 Å². The highest BCUT2D eigenvalue weighted by molar-refractivity contribution is 5.95. The molecule has 154 valence electrons. The van der Waals surface area contributed by atoms with Crippen molar-refractivity contribution in [3.8, 4) is 0 Å². The Bertz CT molecular complexity index is 882. The van der Waals surface area contributed by atoms with Crippen LogP contribution in [0.1, 0.15) is 83.6 Å². The Labute approximate surface area is 166 Å². The molecule has 2 rings (SSSR count). The summed E-state index contributed by atoms with van der Waals surface area (Å²) in [4.78, 5) is 28.5. The van der Waals surface area contributed by atoms with E-state index in [4.69, 9.17) is 4.42 Å². The van der Waals surface area contributed by atoms with Gasteiger partial charge in [0.25, 0.3) is 5.89 Å². The van der Waals surface area contributed by atoms with Gasteiger partial charge < -0.3 is 14.8 Å². The number of carbonyl (C=O) groups excluding carboxylic acids is 1. The summed E-state index contributed by atoms with van der Waals surface area (Å²) in [6, 6.07) is 3.07. The molecule has 28 heavy (non-hydrogen) atoms. The van der Waals surface area contributed by atoms with Crippen molar-refractivity contribution in [2.75, 3.05) is 0 Å². The molecule has 0 aliphatic heterocycles. The lowest BCUT2D eigenvalue weighted by atomic mass is 9.80. The molecule has 0 aliphatic carbocycles. The molecule has 1 aromatic carbocycles. The maximum absolute atomic E-state index is 12.6. The number of benzene rings is 1. The summed E-state index contributed by atoms with van der Waals surface area (Å²) in [5.41, 5.74) is 2.97. The van der Waals surface area contributed by atoms with Gasteiger partial charge in [-0.2, -0.15) is 0 Å². The van der Waals surface area contributed by atoms with E-state index in [-0.39, 0.29) is 22.6 Å². The van der Waals surface area contributed by atoms with E-state index >= 15 is 0 Å². The average molecular weight is 389 g/mol. The number of rotatable bonds is 5. The highest BCUT2D eigenvalue weighted by atomic mass is 16.4. The molecule has 0 spiro atoms. The molecule has 2 aromatic rings. The Morgan fingerprint density at radius 3 is 2.18 bits per heavy atom. The van der Waals surface area contributed by atoms with Crippen molar-refractivity contribution < 1.29 is 19.1 Å². The number of carboxylic acids is 1. The Hall–Kier alpha value is -2.37. The van der Waals surface area contributed by atoms with Crippen LogP contribution < -0.4 is 5.32 Å². The first-order valence-electron chi connectivity index (χ1n) is 9.69. The first-order chi connectivity index (χ1) is 12.7. The number of fused-ring (bicyclic) bond motifs is 1. The first kappa shape index (κ1) is 21.9. The molecule has 0 saturated carbocycles. The fourth-order valence-electron chi connectivity index (χ4n) is 3.03. The monoisotopic (exact) mass is 388 g/mol. The third-order valence-corrected chi connectivity index (χ3v) is 4.67. The lowest BCUT2D eigenvalue weighted by Gasteiger charge is -2.24. The van der Waals surface area contributed by atoms with Crippen molar-refractivity contribution in [2.24, 2.45) is 5.92 Å². The standard InChI is InChI=1S/C22H32N2O4/c1-12(2)9-16(20(26)27)23-18(25)19-24-15-11-13(21(3,4)5)10-14(17(15)28-19)22(6,7)8/h10-12,16H,9H2,1-8H3,(H,23,25)(H,26,27). The predicted octanol–water partition coefficient (Wildman–Crippen LogP) is 4.65. The molecule has 1 unspecified atom stereocenters. The molecular weight excluding hydrogens is 356 g/mol. The van der Waals surface area contributed by atoms with Gasteiger partial charge in [0, 0.05) is 5.56 Å². The van der Waals surface area contributed by atoms with Gasteiger partial charge in [0.05, 0.1) is 0 Å². The SMILES string of the molecule is CC(C)CC(NC(=O)c1nc2cc(C(C)(C)C)cc(C(C)(C)C)c2o1)C(=O)O. The molecule has 0 fully saturated rings. The van der Waals surface area contributed by atoms with Crippen LogP contribution in [0.15, 0.2) is 16.5 Å². The molecule has 1 aromatic heterocycles. The van der Waals surface area contributed by atoms with Crippen LogP contribution in [0.25, 0.3) is 11.1 Å². The third-order valence-electron chi connectivity index (χ3n) is 4.67. The number of amides is 1. The van der Waals surface area contributed by atoms with Crippen molar-refractivity contribution in [2.45, 2.75) is 78.7 Å². The Morgan fingerprint density at radius 2 is 1.71 bits per heavy atom. The van der Waals surface area contributed by atoms with Crippen LogP contribution in [0.3, 0.4) is 0 Å². The van der Waals surface area contributed by atoms with Crippen molar-refractivity contribution in [1.82, 2.24) is 10.3 Å². The maximum atomic E-state index is 12.6. The Kier molecular flexibility index (Phi) is 5.93. The molecular formula is C22H32N2O4. The second-order valence-corrected chi connectivity index (χ2v) is 9.88. The van der Waals surface area contributed by atoms with E-state index in [1.165, 1.54) is 0 Å². The van der Waals surface area contributed by atoms with Crippen LogP contribution in [0.2, 0.25) is 0 Å². The minimum absolute atomic E-state index is 0.0821. The van der Waals surface area contributed by atoms with Gasteiger partial charge >= 0.3 is 11.9 Å². The Morgan fingerprint density at radius 1 is 1.11 bits per heavy atom. The van der Waals surface area contributed by atoms with Gasteiger partial charge in [-0.1, -0.05) is 61.5 Å². The molecule has 1 amide bonds. The zero-order valence-electron chi connectivity index (χ0n) is 18.1. The van der Waals surface area contributed by atoms with Crippen molar-refractivity contribution >= 4 is 23.0 Å². The Balaban J connectivity index is 2.50. The number of nitrogens with one attached hydrogen (secondary N) is 1. The van der Waals surface area contributed by atoms with Gasteiger partial charge in [-0.15, -0.1) is 0 Å². The molecule has 6 heteroatoms. The second kappa shape index (κ2) is 7.57. The van der Waals surface area contributed by atoms with Gasteiger partial charge in [0.1, 0.15) is 11.6 Å². The highest BCUT2D eigenvalue weighted by Crippen LogP contribution is 2.35. The average Bonchev–Trinajstić information content (AvgIpc) is 2.94. The van der Waals surface area contributed by atoms with Crippen LogP contribution in [-0.2, 0) is 15.6 Å². The van der Waals surface area contributed by atoms with E-state index in [2.05, 4.69) is 57.9 Å². The summed E-state index contributed by atoms with van der Waals surface area (Å²) in [7, 11) is 0. The molecule has 0 saturated heterocycles. The lowest BCUT2D eigenvalue weighted by Crippen LogP contribution is -2.41. The number of nitrogens with zero attached hydrogens (tertiary/aromatic N) is 1. The number of carbonyl (C=O) groups is 2. The van der Waals surface area contributed by atoms with Crippen LogP contribution in [0.4, 0.5) is 0 Å². The van der Waals surface area contributed by atoms with Crippen LogP contribution in [-0.4, -0.2) is 28.0 Å². The fourth-order valence-corrected chi connectivity index (χ4v) is 3.03. The van der Waals surface area contributed by atoms with E-state index < -0.39 is 17.9 Å². The molecule has 0 bridgehead atoms. The summed E-state index contributed by atoms with van der Waals surface area (Å²) in [5, 5.41) is 11.9. The quantitative estimate of drug-likeness (QED) is 0.778. The number of aliphatic carboxylic acids is 1. The molecule has 6 nitrogen and oxygen atoms in total. The first-order valence-corrected chi connectivity index (χ1v) is 9.69. The van der Waals surface area contributed by atoms with Gasteiger partial charge in [-0.3, -0.25) is 4.79 Å². The van der Waals surface area contributed by atoms with Crippen molar-refractivity contribution in [3.63, 3.8) is 0 Å². The minimum atomic E-state index is -1.07. The zero-order chi connectivity index (χ0) is 21.4. The number of hydrogen-bond donors (Lipinski definition) is 2. The van der Waals surface area contributed by atoms with E-state index in [9.17, 15) is 14.7 Å². The molecule has 0 aliphatic rings. The molecule has 0 radical (unpaired) electrons. The summed E-state index contributed by atoms with van der Waals surface area (Å²) in [5.74, 6) is -1.65. The predicted molar refractivity (Wildman–Crippen MR) is 110 cm³/mol. The smallest absolute Gasteiger partial charge is 0.326 e. The number of aromatic nitrogens is 1. The van der Waals surface area contributed by atoms with E-state index in [0.29, 0.717) is 17.5 Å². The maximum Gasteiger partial charge on any atom is 0.326 e. The van der Waals surface area contributed by atoms with Crippen LogP contribution in [0, 0.1) is 5.92 Å². The summed E-state index contributed by atoms with van der Waals surface area (Å²) < 4.78 is 5.82. The molecule has 2 N–H and O–H groups in total. The molecule has 1 atom stereocenters. The van der Waals surface area contributed by atoms with Crippen LogP contribution >= 0.6 is 0 Å². The normalized spacial score (nSPS) is 13.8. The van der Waals surface area contributed by atoms with Gasteiger partial charge in [0.15, 0.2) is 5.58 Å². The second-order valence-electron chi connectivity index (χ2n) is 9.88. The molecule has 1 heterocycles. The topological polar surface area (TPSA) is 92.4 Å². The largest absolute Gasteiger partial charge is 0.480 e. The van der Waals surface area contributed by atoms with Crippen molar-refractivity contribution in [1.29, 1.82) is 0 Å². The summed E-state index contributed by atoms with van der Waals surface area (Å²) in [6.45, 7) is 16.4. The van der Waals surface area contributed by atoms with E-state index in [0.717, 1.165) is 11.1 Å². The minimum Gasteiger partial charge on any atom is -0.480 e. The third kappa shape index (κ3) is 4.91. The lowest BCUT2D eigenvalue weighted by molar-refractivity contribution is -0.139. The zero-order valence-corrected chi connectivity index (χ0v) is 18.1.